The SMILES string of the molecule is N#C[C@]1(c2ccc(-c3ccc(N4C[C@H](Cn5ccnn5)OC4=O)cc3F)cn2)[C@@H]2CN(C(=O)[C@H]3CN4CC[C@@H]3C4)C[C@@H]21. The molecule has 1 aromatic carbocycles. The summed E-state index contributed by atoms with van der Waals surface area (Å²) in [5.74, 6) is 0.492. The normalized spacial score (nSPS) is 32.6. The molecule has 2 bridgehead atoms. The number of pyridine rings is 1. The largest absolute Gasteiger partial charge is 0.442 e. The molecule has 3 aromatic rings. The highest BCUT2D eigenvalue weighted by Crippen LogP contribution is 2.63. The number of nitriles is 1. The number of benzene rings is 1. The van der Waals surface area contributed by atoms with E-state index in [0.29, 0.717) is 48.1 Å². The molecule has 6 heterocycles. The molecular weight excluding hydrogens is 539 g/mol. The summed E-state index contributed by atoms with van der Waals surface area (Å²) in [5.41, 5.74) is 1.32. The van der Waals surface area contributed by atoms with Crippen molar-refractivity contribution < 1.29 is 18.7 Å². The van der Waals surface area contributed by atoms with Crippen molar-refractivity contribution in [2.45, 2.75) is 24.5 Å². The topological polar surface area (TPSA) is 120 Å². The van der Waals surface area contributed by atoms with Gasteiger partial charge in [-0.15, -0.1) is 5.10 Å². The third-order valence-corrected chi connectivity index (χ3v) is 10.0. The second-order valence-corrected chi connectivity index (χ2v) is 12.2. The first kappa shape index (κ1) is 25.3. The minimum Gasteiger partial charge on any atom is -0.442 e. The number of carbonyl (C=O) groups excluding carboxylic acids is 2. The summed E-state index contributed by atoms with van der Waals surface area (Å²) in [7, 11) is 0. The van der Waals surface area contributed by atoms with Crippen LogP contribution < -0.4 is 4.90 Å². The van der Waals surface area contributed by atoms with E-state index in [1.54, 1.807) is 41.5 Å². The minimum atomic E-state index is -0.700. The fourth-order valence-electron chi connectivity index (χ4n) is 7.78. The molecule has 2 aromatic heterocycles. The average Bonchev–Trinajstić information content (AvgIpc) is 3.74. The maximum Gasteiger partial charge on any atom is 0.414 e. The van der Waals surface area contributed by atoms with Gasteiger partial charge in [0.1, 0.15) is 17.3 Å². The summed E-state index contributed by atoms with van der Waals surface area (Å²) in [4.78, 5) is 36.0. The highest BCUT2D eigenvalue weighted by molar-refractivity contribution is 5.90. The zero-order chi connectivity index (χ0) is 28.6. The number of aromatic nitrogens is 4. The Morgan fingerprint density at radius 1 is 1.14 bits per heavy atom. The molecule has 5 fully saturated rings. The highest BCUT2D eigenvalue weighted by Gasteiger charge is 2.71. The number of nitrogens with zero attached hydrogens (tertiary/aromatic N) is 8. The number of piperidine rings is 2. The van der Waals surface area contributed by atoms with Crippen LogP contribution in [-0.4, -0.2) is 87.2 Å². The minimum absolute atomic E-state index is 0.0771. The second kappa shape index (κ2) is 9.32. The Balaban J connectivity index is 0.941. The Labute approximate surface area is 241 Å². The molecule has 12 heteroatoms. The number of likely N-dealkylation sites (tertiary alicyclic amines) is 1. The number of cyclic esters (lactones) is 1. The molecule has 0 radical (unpaired) electrons. The molecule has 11 nitrogen and oxygen atoms in total. The van der Waals surface area contributed by atoms with Crippen LogP contribution in [-0.2, 0) is 21.5 Å². The predicted molar refractivity (Wildman–Crippen MR) is 146 cm³/mol. The number of ether oxygens (including phenoxy) is 1. The van der Waals surface area contributed by atoms with Gasteiger partial charge in [0.2, 0.25) is 5.91 Å². The van der Waals surface area contributed by atoms with Gasteiger partial charge in [-0.05, 0) is 43.1 Å². The van der Waals surface area contributed by atoms with Gasteiger partial charge in [0.25, 0.3) is 0 Å². The first-order valence-electron chi connectivity index (χ1n) is 14.5. The third kappa shape index (κ3) is 3.83. The van der Waals surface area contributed by atoms with Crippen LogP contribution in [0.5, 0.6) is 0 Å². The van der Waals surface area contributed by atoms with Crippen LogP contribution in [0.2, 0.25) is 0 Å². The van der Waals surface area contributed by atoms with Crippen molar-refractivity contribution in [2.75, 3.05) is 44.2 Å². The number of amides is 2. The molecule has 2 amide bonds. The van der Waals surface area contributed by atoms with E-state index in [2.05, 4.69) is 26.3 Å². The zero-order valence-corrected chi connectivity index (χ0v) is 22.8. The quantitative estimate of drug-likeness (QED) is 0.444. The number of halogens is 1. The lowest BCUT2D eigenvalue weighted by Crippen LogP contribution is -2.42. The number of anilines is 1. The summed E-state index contributed by atoms with van der Waals surface area (Å²) < 4.78 is 22.3. The van der Waals surface area contributed by atoms with E-state index < -0.39 is 23.4 Å². The molecule has 42 heavy (non-hydrogen) atoms. The van der Waals surface area contributed by atoms with Crippen molar-refractivity contribution in [3.8, 4) is 17.2 Å². The van der Waals surface area contributed by atoms with Gasteiger partial charge in [0.05, 0.1) is 42.7 Å². The molecule has 1 unspecified atom stereocenters. The Kier molecular flexibility index (Phi) is 5.63. The first-order chi connectivity index (χ1) is 20.4. The van der Waals surface area contributed by atoms with E-state index in [9.17, 15) is 14.9 Å². The standard InChI is InChI=1S/C30H29FN8O3/c31-26-9-20(39-13-21(42-29(39)41)12-38-8-6-34-35-38)2-3-22(26)18-1-4-27(33-10-18)30(17-32)24-15-37(16-25(24)30)28(40)23-14-36-7-5-19(23)11-36/h1-4,6,8-10,19,21,23-25H,5,7,11-16H2/t19-,21+,23+,24-,25+,30+/m1/s1. The van der Waals surface area contributed by atoms with Gasteiger partial charge >= 0.3 is 6.09 Å². The molecule has 0 N–H and O–H groups in total. The average molecular weight is 569 g/mol. The van der Waals surface area contributed by atoms with Crippen molar-refractivity contribution in [2.24, 2.45) is 23.7 Å². The fourth-order valence-corrected chi connectivity index (χ4v) is 7.78. The van der Waals surface area contributed by atoms with E-state index in [1.807, 2.05) is 11.0 Å². The van der Waals surface area contributed by atoms with Gasteiger partial charge in [-0.3, -0.25) is 14.7 Å². The lowest BCUT2D eigenvalue weighted by atomic mass is 9.90. The smallest absolute Gasteiger partial charge is 0.414 e. The fraction of sp³-hybridized carbons (Fsp3) is 0.467. The van der Waals surface area contributed by atoms with Crippen LogP contribution in [0.25, 0.3) is 11.1 Å². The van der Waals surface area contributed by atoms with E-state index in [1.165, 1.54) is 11.0 Å². The van der Waals surface area contributed by atoms with Crippen LogP contribution in [0.4, 0.5) is 14.9 Å². The van der Waals surface area contributed by atoms with Crippen LogP contribution in [0, 0.1) is 40.8 Å². The van der Waals surface area contributed by atoms with Crippen molar-refractivity contribution in [1.29, 1.82) is 5.26 Å². The van der Waals surface area contributed by atoms with Crippen LogP contribution in [0.1, 0.15) is 12.1 Å². The van der Waals surface area contributed by atoms with E-state index in [-0.39, 0.29) is 30.2 Å². The molecule has 8 rings (SSSR count). The number of hydrogen-bond donors (Lipinski definition) is 0. The molecule has 4 aliphatic heterocycles. The molecular formula is C30H29FN8O3. The van der Waals surface area contributed by atoms with E-state index in [0.717, 1.165) is 26.1 Å². The third-order valence-electron chi connectivity index (χ3n) is 10.0. The monoisotopic (exact) mass is 568 g/mol. The number of rotatable bonds is 6. The van der Waals surface area contributed by atoms with Crippen molar-refractivity contribution in [1.82, 2.24) is 29.8 Å². The Bertz CT molecular complexity index is 1590. The summed E-state index contributed by atoms with van der Waals surface area (Å²) in [6.45, 7) is 4.83. The van der Waals surface area contributed by atoms with Gasteiger partial charge in [0.15, 0.2) is 0 Å². The van der Waals surface area contributed by atoms with Gasteiger partial charge < -0.3 is 14.5 Å². The summed E-state index contributed by atoms with van der Waals surface area (Å²) in [5, 5.41) is 17.9. The Morgan fingerprint density at radius 3 is 2.64 bits per heavy atom. The van der Waals surface area contributed by atoms with Crippen LogP contribution >= 0.6 is 0 Å². The van der Waals surface area contributed by atoms with Gasteiger partial charge in [-0.2, -0.15) is 5.26 Å². The molecule has 1 aliphatic carbocycles. The van der Waals surface area contributed by atoms with Crippen molar-refractivity contribution in [3.05, 3.63) is 60.4 Å². The second-order valence-electron chi connectivity index (χ2n) is 12.2. The predicted octanol–water partition coefficient (Wildman–Crippen LogP) is 2.31. The maximum absolute atomic E-state index is 15.3. The summed E-state index contributed by atoms with van der Waals surface area (Å²) in [6.07, 6.45) is 4.99. The molecule has 1 saturated carbocycles. The highest BCUT2D eigenvalue weighted by atomic mass is 19.1. The lowest BCUT2D eigenvalue weighted by molar-refractivity contribution is -0.136. The van der Waals surface area contributed by atoms with Gasteiger partial charge in [-0.25, -0.2) is 13.9 Å². The first-order valence-corrected chi connectivity index (χ1v) is 14.5. The van der Waals surface area contributed by atoms with E-state index in [4.69, 9.17) is 4.74 Å². The van der Waals surface area contributed by atoms with E-state index >= 15 is 4.39 Å². The maximum atomic E-state index is 15.3. The lowest BCUT2D eigenvalue weighted by Gasteiger charge is -2.29. The van der Waals surface area contributed by atoms with Gasteiger partial charge in [0, 0.05) is 61.5 Å². The number of fused-ring (bicyclic) bond motifs is 3. The Hall–Kier alpha value is -4.37. The zero-order valence-electron chi connectivity index (χ0n) is 22.8. The van der Waals surface area contributed by atoms with Crippen LogP contribution in [0.3, 0.4) is 0 Å². The Morgan fingerprint density at radius 2 is 2.00 bits per heavy atom. The molecule has 7 atom stereocenters. The molecule has 5 aliphatic rings. The van der Waals surface area contributed by atoms with Crippen LogP contribution in [0.15, 0.2) is 48.9 Å². The molecule has 4 saturated heterocycles. The number of hydrogen-bond acceptors (Lipinski definition) is 8. The van der Waals surface area contributed by atoms with Crippen molar-refractivity contribution >= 4 is 17.7 Å². The van der Waals surface area contributed by atoms with Gasteiger partial charge in [-0.1, -0.05) is 11.3 Å². The summed E-state index contributed by atoms with van der Waals surface area (Å²) in [6, 6.07) is 10.8. The molecule has 214 valence electrons. The van der Waals surface area contributed by atoms with Crippen molar-refractivity contribution in [3.63, 3.8) is 0 Å². The number of carbonyl (C=O) groups is 2. The molecule has 0 spiro atoms. The summed E-state index contributed by atoms with van der Waals surface area (Å²) >= 11 is 0.